The van der Waals surface area contributed by atoms with Gasteiger partial charge < -0.3 is 5.32 Å². The summed E-state index contributed by atoms with van der Waals surface area (Å²) >= 11 is 0. The van der Waals surface area contributed by atoms with E-state index in [1.165, 1.54) is 17.4 Å². The van der Waals surface area contributed by atoms with Gasteiger partial charge in [0.2, 0.25) is 0 Å². The molecule has 0 aromatic heterocycles. The Morgan fingerprint density at radius 2 is 1.80 bits per heavy atom. The van der Waals surface area contributed by atoms with Crippen molar-refractivity contribution in [1.29, 1.82) is 0 Å². The van der Waals surface area contributed by atoms with Gasteiger partial charge in [0.25, 0.3) is 0 Å². The molecule has 1 atom stereocenters. The Kier molecular flexibility index (Phi) is 3.26. The van der Waals surface area contributed by atoms with Gasteiger partial charge in [-0.2, -0.15) is 0 Å². The lowest BCUT2D eigenvalue weighted by atomic mass is 9.77. The lowest BCUT2D eigenvalue weighted by molar-refractivity contribution is 0.601. The van der Waals surface area contributed by atoms with E-state index in [9.17, 15) is 8.42 Å². The molecule has 1 aliphatic carbocycles. The van der Waals surface area contributed by atoms with Crippen LogP contribution < -0.4 is 5.32 Å². The Morgan fingerprint density at radius 3 is 2.55 bits per heavy atom. The number of sulfone groups is 1. The van der Waals surface area contributed by atoms with Crippen molar-refractivity contribution in [2.24, 2.45) is 0 Å². The Bertz CT molecular complexity index is 738. The summed E-state index contributed by atoms with van der Waals surface area (Å²) in [6.45, 7) is 0.767. The summed E-state index contributed by atoms with van der Waals surface area (Å²) in [5, 5.41) is 3.28. The molecule has 2 aromatic rings. The molecule has 1 N–H and O–H groups in total. The molecule has 104 valence electrons. The Labute approximate surface area is 119 Å². The van der Waals surface area contributed by atoms with Crippen molar-refractivity contribution in [2.75, 3.05) is 18.1 Å². The zero-order valence-electron chi connectivity index (χ0n) is 11.3. The fourth-order valence-corrected chi connectivity index (χ4v) is 3.58. The predicted molar refractivity (Wildman–Crippen MR) is 80.9 cm³/mol. The van der Waals surface area contributed by atoms with Crippen LogP contribution in [0.2, 0.25) is 0 Å². The monoisotopic (exact) mass is 287 g/mol. The molecule has 4 heteroatoms. The van der Waals surface area contributed by atoms with Crippen LogP contribution in [0.15, 0.2) is 53.4 Å². The standard InChI is InChI=1S/C16H17NO2S/c1-20(18,19)16-9-5-4-8-15(16)17-11-13-10-12-6-2-3-7-14(12)13/h2-9,13,17H,10-11H2,1H3. The van der Waals surface area contributed by atoms with Gasteiger partial charge in [0.05, 0.1) is 10.6 Å². The van der Waals surface area contributed by atoms with Crippen molar-refractivity contribution in [2.45, 2.75) is 17.2 Å². The molecule has 0 heterocycles. The molecule has 0 bridgehead atoms. The van der Waals surface area contributed by atoms with E-state index in [1.807, 2.05) is 12.1 Å². The van der Waals surface area contributed by atoms with Crippen LogP contribution in [0.25, 0.3) is 0 Å². The molecule has 1 aliphatic rings. The van der Waals surface area contributed by atoms with Gasteiger partial charge in [-0.05, 0) is 29.7 Å². The summed E-state index contributed by atoms with van der Waals surface area (Å²) in [7, 11) is -3.19. The number of rotatable bonds is 4. The van der Waals surface area contributed by atoms with E-state index in [-0.39, 0.29) is 0 Å². The minimum absolute atomic E-state index is 0.368. The number of hydrogen-bond acceptors (Lipinski definition) is 3. The molecule has 0 fully saturated rings. The molecule has 1 unspecified atom stereocenters. The first-order valence-corrected chi connectivity index (χ1v) is 8.55. The average molecular weight is 287 g/mol. The molecule has 3 rings (SSSR count). The quantitative estimate of drug-likeness (QED) is 0.940. The Hall–Kier alpha value is -1.81. The molecule has 2 aromatic carbocycles. The number of anilines is 1. The second-order valence-corrected chi connectivity index (χ2v) is 7.23. The topological polar surface area (TPSA) is 46.2 Å². The van der Waals surface area contributed by atoms with Crippen molar-refractivity contribution in [1.82, 2.24) is 0 Å². The highest BCUT2D eigenvalue weighted by atomic mass is 32.2. The van der Waals surface area contributed by atoms with Gasteiger partial charge in [-0.15, -0.1) is 0 Å². The second kappa shape index (κ2) is 4.94. The third kappa shape index (κ3) is 2.43. The highest BCUT2D eigenvalue weighted by molar-refractivity contribution is 7.90. The van der Waals surface area contributed by atoms with Crippen LogP contribution in [-0.4, -0.2) is 21.2 Å². The SMILES string of the molecule is CS(=O)(=O)c1ccccc1NCC1Cc2ccccc21. The predicted octanol–water partition coefficient (Wildman–Crippen LogP) is 2.84. The van der Waals surface area contributed by atoms with Crippen LogP contribution in [0.5, 0.6) is 0 Å². The summed E-state index contributed by atoms with van der Waals surface area (Å²) in [5.41, 5.74) is 3.46. The molecular formula is C16H17NO2S. The summed E-state index contributed by atoms with van der Waals surface area (Å²) in [6.07, 6.45) is 2.30. The maximum absolute atomic E-state index is 11.7. The maximum Gasteiger partial charge on any atom is 0.177 e. The first kappa shape index (κ1) is 13.2. The normalized spacial score (nSPS) is 17.1. The van der Waals surface area contributed by atoms with E-state index in [4.69, 9.17) is 0 Å². The van der Waals surface area contributed by atoms with E-state index in [0.29, 0.717) is 16.5 Å². The first-order valence-electron chi connectivity index (χ1n) is 6.66. The largest absolute Gasteiger partial charge is 0.383 e. The van der Waals surface area contributed by atoms with Crippen LogP contribution in [0.1, 0.15) is 17.0 Å². The van der Waals surface area contributed by atoms with Gasteiger partial charge in [-0.3, -0.25) is 0 Å². The fraction of sp³-hybridized carbons (Fsp3) is 0.250. The number of hydrogen-bond donors (Lipinski definition) is 1. The van der Waals surface area contributed by atoms with Gasteiger partial charge >= 0.3 is 0 Å². The van der Waals surface area contributed by atoms with Crippen LogP contribution in [-0.2, 0) is 16.3 Å². The number of fused-ring (bicyclic) bond motifs is 1. The molecule has 0 saturated heterocycles. The Morgan fingerprint density at radius 1 is 1.10 bits per heavy atom. The van der Waals surface area contributed by atoms with Gasteiger partial charge in [0.1, 0.15) is 0 Å². The maximum atomic E-state index is 11.7. The summed E-state index contributed by atoms with van der Waals surface area (Å²) in [6, 6.07) is 15.5. The summed E-state index contributed by atoms with van der Waals surface area (Å²) in [5.74, 6) is 0.471. The third-order valence-electron chi connectivity index (χ3n) is 3.79. The minimum Gasteiger partial charge on any atom is -0.383 e. The molecular weight excluding hydrogens is 270 g/mol. The third-order valence-corrected chi connectivity index (χ3v) is 4.94. The molecule has 0 aliphatic heterocycles. The molecule has 0 saturated carbocycles. The van der Waals surface area contributed by atoms with Gasteiger partial charge in [0.15, 0.2) is 9.84 Å². The smallest absolute Gasteiger partial charge is 0.177 e. The summed E-state index contributed by atoms with van der Waals surface area (Å²) in [4.78, 5) is 0.368. The fourth-order valence-electron chi connectivity index (χ4n) is 2.71. The van der Waals surface area contributed by atoms with Crippen molar-refractivity contribution in [3.05, 3.63) is 59.7 Å². The van der Waals surface area contributed by atoms with E-state index >= 15 is 0 Å². The van der Waals surface area contributed by atoms with E-state index in [1.54, 1.807) is 12.1 Å². The van der Waals surface area contributed by atoms with Gasteiger partial charge in [-0.25, -0.2) is 8.42 Å². The highest BCUT2D eigenvalue weighted by Crippen LogP contribution is 2.35. The second-order valence-electron chi connectivity index (χ2n) is 5.25. The first-order chi connectivity index (χ1) is 9.55. The van der Waals surface area contributed by atoms with Gasteiger partial charge in [-0.1, -0.05) is 36.4 Å². The lowest BCUT2D eigenvalue weighted by Gasteiger charge is -2.30. The van der Waals surface area contributed by atoms with Crippen molar-refractivity contribution in [3.63, 3.8) is 0 Å². The molecule has 0 amide bonds. The zero-order valence-corrected chi connectivity index (χ0v) is 12.2. The highest BCUT2D eigenvalue weighted by Gasteiger charge is 2.25. The van der Waals surface area contributed by atoms with Crippen LogP contribution >= 0.6 is 0 Å². The van der Waals surface area contributed by atoms with E-state index in [2.05, 4.69) is 29.6 Å². The van der Waals surface area contributed by atoms with E-state index in [0.717, 1.165) is 13.0 Å². The average Bonchev–Trinajstić information content (AvgIpc) is 2.39. The minimum atomic E-state index is -3.19. The van der Waals surface area contributed by atoms with Crippen LogP contribution in [0.3, 0.4) is 0 Å². The van der Waals surface area contributed by atoms with Crippen LogP contribution in [0.4, 0.5) is 5.69 Å². The van der Waals surface area contributed by atoms with Crippen LogP contribution in [0, 0.1) is 0 Å². The molecule has 0 spiro atoms. The van der Waals surface area contributed by atoms with Crippen molar-refractivity contribution in [3.8, 4) is 0 Å². The molecule has 3 nitrogen and oxygen atoms in total. The molecule has 0 radical (unpaired) electrons. The Balaban J connectivity index is 1.75. The van der Waals surface area contributed by atoms with Crippen molar-refractivity contribution < 1.29 is 8.42 Å². The summed E-state index contributed by atoms with van der Waals surface area (Å²) < 4.78 is 23.5. The van der Waals surface area contributed by atoms with E-state index < -0.39 is 9.84 Å². The molecule has 20 heavy (non-hydrogen) atoms. The van der Waals surface area contributed by atoms with Crippen molar-refractivity contribution >= 4 is 15.5 Å². The number of nitrogens with one attached hydrogen (secondary N) is 1. The number of benzene rings is 2. The lowest BCUT2D eigenvalue weighted by Crippen LogP contribution is -2.24. The zero-order chi connectivity index (χ0) is 14.2. The number of para-hydroxylation sites is 1. The van der Waals surface area contributed by atoms with Gasteiger partial charge in [0, 0.05) is 18.7 Å².